The molecule has 1 aromatic heterocycles. The van der Waals surface area contributed by atoms with Gasteiger partial charge in [0.25, 0.3) is 0 Å². The zero-order chi connectivity index (χ0) is 13.0. The van der Waals surface area contributed by atoms with Gasteiger partial charge in [-0.25, -0.2) is 9.78 Å². The van der Waals surface area contributed by atoms with Crippen LogP contribution in [0.3, 0.4) is 0 Å². The zero-order valence-electron chi connectivity index (χ0n) is 10.1. The Morgan fingerprint density at radius 2 is 2.06 bits per heavy atom. The molecule has 2 aromatic rings. The molecule has 2 amide bonds. The lowest BCUT2D eigenvalue weighted by atomic mass is 10.2. The van der Waals surface area contributed by atoms with Crippen LogP contribution in [-0.2, 0) is 0 Å². The molecule has 0 unspecified atom stereocenters. The van der Waals surface area contributed by atoms with Crippen molar-refractivity contribution in [2.75, 3.05) is 19.5 Å². The van der Waals surface area contributed by atoms with Gasteiger partial charge in [-0.05, 0) is 24.3 Å². The molecule has 0 atom stereocenters. The number of aromatic nitrogens is 1. The number of nitrogens with zero attached hydrogens (tertiary/aromatic N) is 1. The highest BCUT2D eigenvalue weighted by atomic mass is 32.1. The van der Waals surface area contributed by atoms with Gasteiger partial charge in [0, 0.05) is 18.0 Å². The molecule has 5 nitrogen and oxygen atoms in total. The summed E-state index contributed by atoms with van der Waals surface area (Å²) in [5.74, 6) is 0.803. The van der Waals surface area contributed by atoms with Crippen LogP contribution in [0.25, 0.3) is 11.3 Å². The summed E-state index contributed by atoms with van der Waals surface area (Å²) in [6, 6.07) is 7.33. The fraction of sp³-hybridized carbons (Fsp3) is 0.167. The number of benzene rings is 1. The van der Waals surface area contributed by atoms with Crippen LogP contribution >= 0.6 is 11.3 Å². The van der Waals surface area contributed by atoms with Gasteiger partial charge in [-0.15, -0.1) is 11.3 Å². The number of nitrogens with one attached hydrogen (secondary N) is 2. The Morgan fingerprint density at radius 1 is 1.33 bits per heavy atom. The Balaban J connectivity index is 2.15. The number of anilines is 1. The molecule has 0 saturated carbocycles. The second-order valence-electron chi connectivity index (χ2n) is 3.47. The fourth-order valence-electron chi connectivity index (χ4n) is 1.39. The molecule has 0 bridgehead atoms. The largest absolute Gasteiger partial charge is 0.497 e. The van der Waals surface area contributed by atoms with E-state index >= 15 is 0 Å². The van der Waals surface area contributed by atoms with E-state index in [1.54, 1.807) is 14.2 Å². The predicted octanol–water partition coefficient (Wildman–Crippen LogP) is 2.57. The summed E-state index contributed by atoms with van der Waals surface area (Å²) in [6.45, 7) is 0. The minimum atomic E-state index is -0.273. The third-order valence-corrected chi connectivity index (χ3v) is 3.10. The van der Waals surface area contributed by atoms with E-state index in [2.05, 4.69) is 15.6 Å². The van der Waals surface area contributed by atoms with Gasteiger partial charge >= 0.3 is 6.03 Å². The molecule has 0 saturated heterocycles. The molecular weight excluding hydrogens is 250 g/mol. The molecule has 2 rings (SSSR count). The number of hydrogen-bond donors (Lipinski definition) is 2. The maximum absolute atomic E-state index is 11.1. The average molecular weight is 263 g/mol. The first kappa shape index (κ1) is 12.4. The first-order valence-electron chi connectivity index (χ1n) is 5.31. The lowest BCUT2D eigenvalue weighted by molar-refractivity contribution is 0.254. The number of amides is 2. The Kier molecular flexibility index (Phi) is 3.78. The highest BCUT2D eigenvalue weighted by Crippen LogP contribution is 2.26. The lowest BCUT2D eigenvalue weighted by Gasteiger charge is -2.01. The minimum Gasteiger partial charge on any atom is -0.497 e. The lowest BCUT2D eigenvalue weighted by Crippen LogP contribution is -2.24. The van der Waals surface area contributed by atoms with Crippen LogP contribution in [0, 0.1) is 0 Å². The number of carbonyl (C=O) groups is 1. The monoisotopic (exact) mass is 263 g/mol. The summed E-state index contributed by atoms with van der Waals surface area (Å²) in [6.07, 6.45) is 0. The van der Waals surface area contributed by atoms with Crippen molar-refractivity contribution < 1.29 is 9.53 Å². The standard InChI is InChI=1S/C12H13N3O2S/c1-13-11(16)15-12-14-10(7-18-12)8-3-5-9(17-2)6-4-8/h3-7H,1-2H3,(H2,13,14,15,16). The molecule has 0 aliphatic rings. The maximum atomic E-state index is 11.1. The van der Waals surface area contributed by atoms with E-state index in [9.17, 15) is 4.79 Å². The van der Waals surface area contributed by atoms with E-state index in [1.807, 2.05) is 29.6 Å². The molecule has 0 fully saturated rings. The van der Waals surface area contributed by atoms with E-state index < -0.39 is 0 Å². The molecule has 6 heteroatoms. The van der Waals surface area contributed by atoms with E-state index in [4.69, 9.17) is 4.74 Å². The van der Waals surface area contributed by atoms with Crippen molar-refractivity contribution in [2.24, 2.45) is 0 Å². The summed E-state index contributed by atoms with van der Waals surface area (Å²) in [5.41, 5.74) is 1.81. The SMILES string of the molecule is CNC(=O)Nc1nc(-c2ccc(OC)cc2)cs1. The summed E-state index contributed by atoms with van der Waals surface area (Å²) in [7, 11) is 3.19. The molecule has 0 aliphatic heterocycles. The summed E-state index contributed by atoms with van der Waals surface area (Å²) in [4.78, 5) is 15.5. The van der Waals surface area contributed by atoms with E-state index in [0.717, 1.165) is 17.0 Å². The molecule has 0 spiro atoms. The van der Waals surface area contributed by atoms with Crippen molar-refractivity contribution in [3.05, 3.63) is 29.6 Å². The fourth-order valence-corrected chi connectivity index (χ4v) is 2.10. The Labute approximate surface area is 109 Å². The average Bonchev–Trinajstić information content (AvgIpc) is 2.87. The van der Waals surface area contributed by atoms with Gasteiger partial charge in [0.1, 0.15) is 5.75 Å². The van der Waals surface area contributed by atoms with Crippen molar-refractivity contribution in [1.82, 2.24) is 10.3 Å². The Bertz CT molecular complexity index is 537. The molecule has 1 aromatic carbocycles. The first-order valence-corrected chi connectivity index (χ1v) is 6.19. The van der Waals surface area contributed by atoms with Crippen molar-refractivity contribution in [2.45, 2.75) is 0 Å². The maximum Gasteiger partial charge on any atom is 0.320 e. The smallest absolute Gasteiger partial charge is 0.320 e. The third kappa shape index (κ3) is 2.78. The van der Waals surface area contributed by atoms with Crippen molar-refractivity contribution in [1.29, 1.82) is 0 Å². The van der Waals surface area contributed by atoms with E-state index in [-0.39, 0.29) is 6.03 Å². The van der Waals surface area contributed by atoms with Gasteiger partial charge in [-0.1, -0.05) is 0 Å². The zero-order valence-corrected chi connectivity index (χ0v) is 10.9. The summed E-state index contributed by atoms with van der Waals surface area (Å²) < 4.78 is 5.09. The number of thiazole rings is 1. The van der Waals surface area contributed by atoms with Crippen LogP contribution in [0.4, 0.5) is 9.93 Å². The molecule has 1 heterocycles. The number of carbonyl (C=O) groups excluding carboxylic acids is 1. The minimum absolute atomic E-state index is 0.273. The molecule has 94 valence electrons. The van der Waals surface area contributed by atoms with Gasteiger partial charge in [-0.3, -0.25) is 5.32 Å². The van der Waals surface area contributed by atoms with Gasteiger partial charge in [-0.2, -0.15) is 0 Å². The number of ether oxygens (including phenoxy) is 1. The van der Waals surface area contributed by atoms with E-state index in [1.165, 1.54) is 11.3 Å². The highest BCUT2D eigenvalue weighted by Gasteiger charge is 2.06. The van der Waals surface area contributed by atoms with Crippen molar-refractivity contribution in [3.8, 4) is 17.0 Å². The summed E-state index contributed by atoms with van der Waals surface area (Å²) >= 11 is 1.38. The molecule has 2 N–H and O–H groups in total. The predicted molar refractivity (Wildman–Crippen MR) is 72.2 cm³/mol. The Hall–Kier alpha value is -2.08. The second-order valence-corrected chi connectivity index (χ2v) is 4.33. The highest BCUT2D eigenvalue weighted by molar-refractivity contribution is 7.14. The van der Waals surface area contributed by atoms with Gasteiger partial charge < -0.3 is 10.1 Å². The van der Waals surface area contributed by atoms with Crippen molar-refractivity contribution in [3.63, 3.8) is 0 Å². The number of rotatable bonds is 3. The second kappa shape index (κ2) is 5.50. The topological polar surface area (TPSA) is 63.2 Å². The molecule has 0 radical (unpaired) electrons. The van der Waals surface area contributed by atoms with Crippen LogP contribution in [0.15, 0.2) is 29.6 Å². The quantitative estimate of drug-likeness (QED) is 0.894. The Morgan fingerprint density at radius 3 is 2.67 bits per heavy atom. The molecule has 18 heavy (non-hydrogen) atoms. The van der Waals surface area contributed by atoms with Gasteiger partial charge in [0.05, 0.1) is 12.8 Å². The van der Waals surface area contributed by atoms with Crippen LogP contribution in [0.5, 0.6) is 5.75 Å². The van der Waals surface area contributed by atoms with Crippen LogP contribution in [0.1, 0.15) is 0 Å². The van der Waals surface area contributed by atoms with E-state index in [0.29, 0.717) is 5.13 Å². The van der Waals surface area contributed by atoms with Crippen LogP contribution < -0.4 is 15.4 Å². The first-order chi connectivity index (χ1) is 8.72. The number of methoxy groups -OCH3 is 1. The van der Waals surface area contributed by atoms with Crippen LogP contribution in [0.2, 0.25) is 0 Å². The number of hydrogen-bond acceptors (Lipinski definition) is 4. The normalized spacial score (nSPS) is 9.89. The van der Waals surface area contributed by atoms with Gasteiger partial charge in [0.2, 0.25) is 0 Å². The third-order valence-electron chi connectivity index (χ3n) is 2.34. The van der Waals surface area contributed by atoms with Gasteiger partial charge in [0.15, 0.2) is 5.13 Å². The number of urea groups is 1. The van der Waals surface area contributed by atoms with Crippen LogP contribution in [-0.4, -0.2) is 25.2 Å². The summed E-state index contributed by atoms with van der Waals surface area (Å²) in [5, 5.41) is 7.58. The van der Waals surface area contributed by atoms with Crippen molar-refractivity contribution >= 4 is 22.5 Å². The molecule has 0 aliphatic carbocycles. The molecular formula is C12H13N3O2S.